The van der Waals surface area contributed by atoms with Crippen molar-refractivity contribution in [3.05, 3.63) is 77.2 Å². The van der Waals surface area contributed by atoms with Crippen molar-refractivity contribution in [2.24, 2.45) is 5.92 Å². The van der Waals surface area contributed by atoms with Crippen molar-refractivity contribution < 1.29 is 23.1 Å². The van der Waals surface area contributed by atoms with E-state index in [4.69, 9.17) is 4.74 Å². The first-order valence-electron chi connectivity index (χ1n) is 12.2. The van der Waals surface area contributed by atoms with Gasteiger partial charge in [-0.15, -0.1) is 11.3 Å². The zero-order chi connectivity index (χ0) is 26.6. The number of carbonyl (C=O) groups excluding carboxylic acids is 1. The van der Waals surface area contributed by atoms with E-state index in [1.165, 1.54) is 17.7 Å². The molecule has 1 amide bonds. The van der Waals surface area contributed by atoms with Crippen molar-refractivity contribution in [1.82, 2.24) is 9.80 Å². The van der Waals surface area contributed by atoms with Crippen molar-refractivity contribution in [2.75, 3.05) is 31.5 Å². The zero-order valence-corrected chi connectivity index (χ0v) is 22.8. The van der Waals surface area contributed by atoms with Gasteiger partial charge in [0.25, 0.3) is 15.9 Å². The van der Waals surface area contributed by atoms with E-state index in [0.29, 0.717) is 18.8 Å². The van der Waals surface area contributed by atoms with Gasteiger partial charge in [0.15, 0.2) is 0 Å². The van der Waals surface area contributed by atoms with Crippen LogP contribution in [0, 0.1) is 5.92 Å². The van der Waals surface area contributed by atoms with Crippen LogP contribution in [0.15, 0.2) is 70.3 Å². The minimum atomic E-state index is -3.77. The van der Waals surface area contributed by atoms with Crippen molar-refractivity contribution in [2.45, 2.75) is 36.7 Å². The summed E-state index contributed by atoms with van der Waals surface area (Å²) in [6.45, 7) is 5.43. The molecule has 0 saturated heterocycles. The quantitative estimate of drug-likeness (QED) is 0.425. The van der Waals surface area contributed by atoms with Crippen molar-refractivity contribution in [1.29, 1.82) is 0 Å². The summed E-state index contributed by atoms with van der Waals surface area (Å²) in [6.07, 6.45) is -0.234. The van der Waals surface area contributed by atoms with E-state index in [1.807, 2.05) is 32.2 Å². The average molecular weight is 544 g/mol. The largest absolute Gasteiger partial charge is 0.488 e. The van der Waals surface area contributed by atoms with Crippen LogP contribution in [0.2, 0.25) is 0 Å². The van der Waals surface area contributed by atoms with Gasteiger partial charge in [0, 0.05) is 31.2 Å². The Balaban J connectivity index is 1.63. The van der Waals surface area contributed by atoms with Crippen molar-refractivity contribution in [3.8, 4) is 5.75 Å². The topological polar surface area (TPSA) is 99.2 Å². The van der Waals surface area contributed by atoms with E-state index in [9.17, 15) is 18.3 Å². The predicted octanol–water partition coefficient (Wildman–Crippen LogP) is 3.90. The van der Waals surface area contributed by atoms with E-state index in [0.717, 1.165) is 17.9 Å². The molecule has 1 aliphatic rings. The maximum atomic E-state index is 13.6. The van der Waals surface area contributed by atoms with Crippen LogP contribution in [0.4, 0.5) is 5.69 Å². The number of amides is 1. The summed E-state index contributed by atoms with van der Waals surface area (Å²) in [6, 6.07) is 17.7. The Morgan fingerprint density at radius 1 is 1.19 bits per heavy atom. The van der Waals surface area contributed by atoms with Crippen molar-refractivity contribution in [3.63, 3.8) is 0 Å². The Kier molecular flexibility index (Phi) is 8.53. The van der Waals surface area contributed by atoms with Crippen molar-refractivity contribution >= 4 is 33.0 Å². The number of rotatable bonds is 9. The SMILES string of the molecule is C[C@@H]1CN([C@H](C)CO)C(=O)c2cc(NS(=O)(=O)c3cccs3)ccc2O[C@H]1CN(C)Cc1ccccc1. The molecule has 4 rings (SSSR count). The molecule has 0 radical (unpaired) electrons. The van der Waals surface area contributed by atoms with Gasteiger partial charge in [-0.1, -0.05) is 43.3 Å². The Labute approximate surface area is 222 Å². The standard InChI is InChI=1S/C27H33N3O5S2/c1-19-15-30(20(2)18-31)27(32)23-14-22(28-37(33,34)26-10-7-13-36-26)11-12-24(23)35-25(19)17-29(3)16-21-8-5-4-6-9-21/h4-14,19-20,25,28,31H,15-18H2,1-3H3/t19-,20-,25+/m1/s1. The van der Waals surface area contributed by atoms with Crippen LogP contribution in [0.5, 0.6) is 5.75 Å². The maximum absolute atomic E-state index is 13.6. The molecular weight excluding hydrogens is 510 g/mol. The lowest BCUT2D eigenvalue weighted by molar-refractivity contribution is 0.0341. The highest BCUT2D eigenvalue weighted by Crippen LogP contribution is 2.32. The lowest BCUT2D eigenvalue weighted by Gasteiger charge is -2.38. The number of ether oxygens (including phenoxy) is 1. The van der Waals surface area contributed by atoms with Crippen LogP contribution in [-0.4, -0.2) is 68.1 Å². The molecule has 1 aromatic heterocycles. The molecule has 8 nitrogen and oxygen atoms in total. The van der Waals surface area contributed by atoms with Gasteiger partial charge in [0.2, 0.25) is 0 Å². The number of thiophene rings is 1. The Bertz CT molecular complexity index is 1300. The highest BCUT2D eigenvalue weighted by Gasteiger charge is 2.33. The number of carbonyl (C=O) groups is 1. The Morgan fingerprint density at radius 3 is 2.62 bits per heavy atom. The van der Waals surface area contributed by atoms with Gasteiger partial charge in [-0.05, 0) is 49.2 Å². The fourth-order valence-electron chi connectivity index (χ4n) is 4.39. The third-order valence-electron chi connectivity index (χ3n) is 6.46. The number of sulfonamides is 1. The molecule has 2 heterocycles. The summed E-state index contributed by atoms with van der Waals surface area (Å²) in [5.41, 5.74) is 1.72. The summed E-state index contributed by atoms with van der Waals surface area (Å²) in [4.78, 5) is 17.4. The third-order valence-corrected chi connectivity index (χ3v) is 9.24. The Hall–Kier alpha value is -2.92. The fourth-order valence-corrected chi connectivity index (χ4v) is 6.43. The second-order valence-electron chi connectivity index (χ2n) is 9.55. The minimum Gasteiger partial charge on any atom is -0.488 e. The van der Waals surface area contributed by atoms with Crippen LogP contribution < -0.4 is 9.46 Å². The Morgan fingerprint density at radius 2 is 1.95 bits per heavy atom. The van der Waals surface area contributed by atoms with Crippen LogP contribution in [-0.2, 0) is 16.6 Å². The number of hydrogen-bond donors (Lipinski definition) is 2. The molecule has 0 spiro atoms. The lowest BCUT2D eigenvalue weighted by atomic mass is 9.99. The number of aliphatic hydroxyl groups is 1. The monoisotopic (exact) mass is 543 g/mol. The number of aliphatic hydroxyl groups excluding tert-OH is 1. The summed E-state index contributed by atoms with van der Waals surface area (Å²) in [5.74, 6) is 0.0712. The van der Waals surface area contributed by atoms with E-state index in [2.05, 4.69) is 21.8 Å². The third kappa shape index (κ3) is 6.51. The highest BCUT2D eigenvalue weighted by atomic mass is 32.2. The molecule has 0 fully saturated rings. The molecule has 37 heavy (non-hydrogen) atoms. The van der Waals surface area contributed by atoms with Crippen LogP contribution in [0.1, 0.15) is 29.8 Å². The molecule has 1 aliphatic heterocycles. The van der Waals surface area contributed by atoms with Gasteiger partial charge >= 0.3 is 0 Å². The molecule has 3 aromatic rings. The number of anilines is 1. The second kappa shape index (κ2) is 11.6. The minimum absolute atomic E-state index is 0.0127. The van der Waals surface area contributed by atoms with E-state index >= 15 is 0 Å². The summed E-state index contributed by atoms with van der Waals surface area (Å²) in [7, 11) is -1.74. The van der Waals surface area contributed by atoms with E-state index in [-0.39, 0.29) is 40.0 Å². The highest BCUT2D eigenvalue weighted by molar-refractivity contribution is 7.94. The molecule has 2 aromatic carbocycles. The van der Waals surface area contributed by atoms with E-state index in [1.54, 1.807) is 35.4 Å². The maximum Gasteiger partial charge on any atom is 0.271 e. The van der Waals surface area contributed by atoms with Gasteiger partial charge in [-0.25, -0.2) is 8.42 Å². The molecule has 0 bridgehead atoms. The number of nitrogens with one attached hydrogen (secondary N) is 1. The van der Waals surface area contributed by atoms with Crippen LogP contribution >= 0.6 is 11.3 Å². The van der Waals surface area contributed by atoms with Gasteiger partial charge in [-0.2, -0.15) is 0 Å². The molecular formula is C27H33N3O5S2. The number of benzene rings is 2. The number of fused-ring (bicyclic) bond motifs is 1. The summed E-state index contributed by atoms with van der Waals surface area (Å²) >= 11 is 1.12. The first-order chi connectivity index (χ1) is 17.7. The second-order valence-corrected chi connectivity index (χ2v) is 12.4. The predicted molar refractivity (Wildman–Crippen MR) is 146 cm³/mol. The van der Waals surface area contributed by atoms with Crippen LogP contribution in [0.3, 0.4) is 0 Å². The summed E-state index contributed by atoms with van der Waals surface area (Å²) < 4.78 is 34.7. The number of likely N-dealkylation sites (N-methyl/N-ethyl adjacent to an activating group) is 1. The fraction of sp³-hybridized carbons (Fsp3) is 0.370. The lowest BCUT2D eigenvalue weighted by Crippen LogP contribution is -2.49. The molecule has 0 aliphatic carbocycles. The average Bonchev–Trinajstić information content (AvgIpc) is 3.43. The number of hydrogen-bond acceptors (Lipinski definition) is 7. The molecule has 2 N–H and O–H groups in total. The molecule has 0 unspecified atom stereocenters. The van der Waals surface area contributed by atoms with Gasteiger partial charge < -0.3 is 14.7 Å². The van der Waals surface area contributed by atoms with Gasteiger partial charge in [0.05, 0.1) is 18.2 Å². The van der Waals surface area contributed by atoms with Gasteiger partial charge in [-0.3, -0.25) is 14.4 Å². The zero-order valence-electron chi connectivity index (χ0n) is 21.2. The summed E-state index contributed by atoms with van der Waals surface area (Å²) in [5, 5.41) is 11.6. The molecule has 10 heteroatoms. The van der Waals surface area contributed by atoms with E-state index < -0.39 is 16.1 Å². The van der Waals surface area contributed by atoms with Crippen LogP contribution in [0.25, 0.3) is 0 Å². The normalized spacial score (nSPS) is 19.1. The van der Waals surface area contributed by atoms with Gasteiger partial charge in [0.1, 0.15) is 16.1 Å². The smallest absolute Gasteiger partial charge is 0.271 e. The molecule has 3 atom stereocenters. The number of nitrogens with zero attached hydrogens (tertiary/aromatic N) is 2. The molecule has 198 valence electrons. The first-order valence-corrected chi connectivity index (χ1v) is 14.6. The molecule has 0 saturated carbocycles. The first kappa shape index (κ1) is 27.1.